The van der Waals surface area contributed by atoms with E-state index in [0.29, 0.717) is 17.8 Å². The van der Waals surface area contributed by atoms with Crippen molar-refractivity contribution in [1.29, 1.82) is 0 Å². The lowest BCUT2D eigenvalue weighted by Crippen LogP contribution is -2.98. The maximum absolute atomic E-state index is 11.1. The van der Waals surface area contributed by atoms with E-state index in [1.54, 1.807) is 0 Å². The smallest absolute Gasteiger partial charge is 0.111 e. The molecule has 8 atom stereocenters. The number of rotatable bonds is 4. The van der Waals surface area contributed by atoms with Crippen molar-refractivity contribution in [2.24, 2.45) is 17.8 Å². The van der Waals surface area contributed by atoms with Crippen molar-refractivity contribution < 1.29 is 20.5 Å². The molecule has 4 nitrogen and oxygen atoms in total. The molecule has 0 spiro atoms. The minimum atomic E-state index is -0.677. The fourth-order valence-electron chi connectivity index (χ4n) is 6.47. The van der Waals surface area contributed by atoms with Gasteiger partial charge >= 0.3 is 0 Å². The van der Waals surface area contributed by atoms with Gasteiger partial charge in [-0.3, -0.25) is 0 Å². The largest absolute Gasteiger partial charge is 0.474 e. The summed E-state index contributed by atoms with van der Waals surface area (Å²) in [5.74, 6) is 1.37. The molecule has 3 aliphatic rings. The standard InChI is InChI=1S/C22H40N2O2/c1-14(2)17-10-13-22(5,26-17)16-8-11-20(3,24-7)15-9-12-21(4,25)19(23-6)18(15)16/h15-19,25H,1,6-13,23-24H2,2-5H3. The molecule has 0 amide bonds. The zero-order chi connectivity index (χ0) is 19.3. The van der Waals surface area contributed by atoms with E-state index in [1.165, 1.54) is 0 Å². The lowest BCUT2D eigenvalue weighted by atomic mass is 9.51. The van der Waals surface area contributed by atoms with Gasteiger partial charge in [-0.05, 0) is 65.7 Å². The van der Waals surface area contributed by atoms with Crippen LogP contribution in [0.2, 0.25) is 0 Å². The number of quaternary nitrogens is 2. The topological polar surface area (TPSA) is 62.7 Å². The third kappa shape index (κ3) is 3.17. The van der Waals surface area contributed by atoms with Crippen LogP contribution in [-0.4, -0.2) is 34.0 Å². The van der Waals surface area contributed by atoms with Gasteiger partial charge < -0.3 is 20.5 Å². The highest BCUT2D eigenvalue weighted by molar-refractivity contribution is 5.12. The molecule has 0 bridgehead atoms. The van der Waals surface area contributed by atoms with E-state index < -0.39 is 5.60 Å². The summed E-state index contributed by atoms with van der Waals surface area (Å²) in [6.45, 7) is 12.9. The van der Waals surface area contributed by atoms with Crippen LogP contribution in [0, 0.1) is 31.8 Å². The number of hydrogen-bond donors (Lipinski definition) is 3. The minimum Gasteiger partial charge on any atom is -0.474 e. The van der Waals surface area contributed by atoms with Crippen molar-refractivity contribution in [3.05, 3.63) is 26.2 Å². The maximum atomic E-state index is 11.1. The van der Waals surface area contributed by atoms with Crippen LogP contribution in [0.5, 0.6) is 0 Å². The Hall–Kier alpha value is -0.420. The average Bonchev–Trinajstić information content (AvgIpc) is 2.98. The molecule has 0 aromatic heterocycles. The van der Waals surface area contributed by atoms with Crippen molar-refractivity contribution in [3.8, 4) is 0 Å². The molecule has 0 radical (unpaired) electrons. The minimum absolute atomic E-state index is 0.107. The Morgan fingerprint density at radius 2 is 1.73 bits per heavy atom. The Balaban J connectivity index is 1.96. The van der Waals surface area contributed by atoms with Crippen LogP contribution in [0.3, 0.4) is 0 Å². The molecular weight excluding hydrogens is 324 g/mol. The molecule has 3 fully saturated rings. The predicted octanol–water partition coefficient (Wildman–Crippen LogP) is 1.52. The molecule has 1 saturated heterocycles. The Bertz CT molecular complexity index is 548. The molecule has 8 unspecified atom stereocenters. The Labute approximate surface area is 160 Å². The van der Waals surface area contributed by atoms with E-state index in [-0.39, 0.29) is 23.3 Å². The van der Waals surface area contributed by atoms with Gasteiger partial charge in [-0.15, -0.1) is 0 Å². The predicted molar refractivity (Wildman–Crippen MR) is 104 cm³/mol. The van der Waals surface area contributed by atoms with Crippen LogP contribution in [-0.2, 0) is 4.74 Å². The summed E-state index contributed by atoms with van der Waals surface area (Å²) in [6, 6.07) is 0.107. The van der Waals surface area contributed by atoms with Crippen molar-refractivity contribution in [1.82, 2.24) is 0 Å². The van der Waals surface area contributed by atoms with Crippen LogP contribution >= 0.6 is 0 Å². The summed E-state index contributed by atoms with van der Waals surface area (Å²) < 4.78 is 6.62. The van der Waals surface area contributed by atoms with Crippen molar-refractivity contribution in [2.75, 3.05) is 0 Å². The molecular formula is C22H40N2O2. The van der Waals surface area contributed by atoms with Crippen LogP contribution in [0.15, 0.2) is 12.2 Å². The van der Waals surface area contributed by atoms with E-state index >= 15 is 0 Å². The normalized spacial score (nSPS) is 51.9. The quantitative estimate of drug-likeness (QED) is 0.523. The summed E-state index contributed by atoms with van der Waals surface area (Å²) >= 11 is 0. The number of nitrogens with two attached hydrogens (primary N) is 2. The lowest BCUT2D eigenvalue weighted by molar-refractivity contribution is -0.703. The molecule has 3 rings (SSSR count). The highest BCUT2D eigenvalue weighted by Crippen LogP contribution is 2.55. The Morgan fingerprint density at radius 1 is 1.08 bits per heavy atom. The summed E-state index contributed by atoms with van der Waals surface area (Å²) in [4.78, 5) is 0. The zero-order valence-electron chi connectivity index (χ0n) is 17.3. The van der Waals surface area contributed by atoms with Crippen LogP contribution in [0.25, 0.3) is 0 Å². The van der Waals surface area contributed by atoms with E-state index in [0.717, 1.165) is 44.1 Å². The Morgan fingerprint density at radius 3 is 2.27 bits per heavy atom. The molecule has 2 saturated carbocycles. The molecule has 1 aliphatic heterocycles. The average molecular weight is 365 g/mol. The van der Waals surface area contributed by atoms with Gasteiger partial charge in [0.2, 0.25) is 0 Å². The second kappa shape index (κ2) is 6.88. The molecule has 26 heavy (non-hydrogen) atoms. The SMILES string of the molecule is C=C(C)C1CCC(C)(C2CCC(C)([NH2+][CH2-])C3CCC(C)(O)C([NH2+][CH2-])C32)O1. The monoisotopic (exact) mass is 364 g/mol. The second-order valence-corrected chi connectivity index (χ2v) is 10.0. The Kier molecular flexibility index (Phi) is 5.37. The van der Waals surface area contributed by atoms with E-state index in [2.05, 4.69) is 46.8 Å². The first kappa shape index (κ1) is 20.3. The van der Waals surface area contributed by atoms with Gasteiger partial charge in [0.1, 0.15) is 5.60 Å². The molecule has 1 heterocycles. The number of hydrogen-bond acceptors (Lipinski definition) is 2. The number of fused-ring (bicyclic) bond motifs is 1. The molecule has 2 aliphatic carbocycles. The molecule has 5 N–H and O–H groups in total. The third-order valence-corrected chi connectivity index (χ3v) is 8.23. The van der Waals surface area contributed by atoms with Crippen LogP contribution < -0.4 is 10.6 Å². The van der Waals surface area contributed by atoms with Gasteiger partial charge in [0, 0.05) is 18.3 Å². The van der Waals surface area contributed by atoms with Gasteiger partial charge in [-0.2, -0.15) is 14.1 Å². The first-order valence-corrected chi connectivity index (χ1v) is 10.4. The summed E-state index contributed by atoms with van der Waals surface area (Å²) in [6.07, 6.45) is 6.50. The third-order valence-electron chi connectivity index (χ3n) is 8.23. The lowest BCUT2D eigenvalue weighted by Gasteiger charge is -2.59. The zero-order valence-corrected chi connectivity index (χ0v) is 17.3. The first-order chi connectivity index (χ1) is 12.1. The number of ether oxygens (including phenoxy) is 1. The summed E-state index contributed by atoms with van der Waals surface area (Å²) in [7, 11) is 8.31. The number of aliphatic hydroxyl groups is 1. The highest BCUT2D eigenvalue weighted by atomic mass is 16.5. The van der Waals surface area contributed by atoms with Gasteiger partial charge in [0.05, 0.1) is 23.3 Å². The van der Waals surface area contributed by atoms with Crippen LogP contribution in [0.4, 0.5) is 0 Å². The van der Waals surface area contributed by atoms with Crippen LogP contribution in [0.1, 0.15) is 66.2 Å². The second-order valence-electron chi connectivity index (χ2n) is 10.0. The fourth-order valence-corrected chi connectivity index (χ4v) is 6.47. The molecule has 4 heteroatoms. The van der Waals surface area contributed by atoms with Gasteiger partial charge in [-0.1, -0.05) is 12.2 Å². The van der Waals surface area contributed by atoms with E-state index in [4.69, 9.17) is 4.74 Å². The fraction of sp³-hybridized carbons (Fsp3) is 0.818. The van der Waals surface area contributed by atoms with Crippen molar-refractivity contribution >= 4 is 0 Å². The van der Waals surface area contributed by atoms with Gasteiger partial charge in [-0.25, -0.2) is 0 Å². The molecule has 0 aromatic rings. The summed E-state index contributed by atoms with van der Waals surface area (Å²) in [5, 5.41) is 15.3. The first-order valence-electron chi connectivity index (χ1n) is 10.4. The van der Waals surface area contributed by atoms with E-state index in [9.17, 15) is 5.11 Å². The maximum Gasteiger partial charge on any atom is 0.111 e. The highest BCUT2D eigenvalue weighted by Gasteiger charge is 2.61. The molecule has 0 aromatic carbocycles. The molecule has 150 valence electrons. The van der Waals surface area contributed by atoms with Gasteiger partial charge in [0.15, 0.2) is 0 Å². The van der Waals surface area contributed by atoms with Gasteiger partial charge in [0.25, 0.3) is 0 Å². The van der Waals surface area contributed by atoms with Crippen molar-refractivity contribution in [2.45, 2.75) is 95.1 Å². The summed E-state index contributed by atoms with van der Waals surface area (Å²) in [5.41, 5.74) is 0.460. The van der Waals surface area contributed by atoms with Crippen molar-refractivity contribution in [3.63, 3.8) is 0 Å². The van der Waals surface area contributed by atoms with E-state index in [1.807, 2.05) is 12.2 Å².